The monoisotopic (exact) mass is 437 g/mol. The van der Waals surface area contributed by atoms with Gasteiger partial charge >= 0.3 is 0 Å². The Bertz CT molecular complexity index is 1220. The van der Waals surface area contributed by atoms with E-state index in [0.717, 1.165) is 11.1 Å². The fourth-order valence-corrected chi connectivity index (χ4v) is 4.19. The van der Waals surface area contributed by atoms with Gasteiger partial charge in [0.2, 0.25) is 5.76 Å². The van der Waals surface area contributed by atoms with Crippen molar-refractivity contribution in [1.29, 1.82) is 0 Å². The molecule has 0 bridgehead atoms. The predicted molar refractivity (Wildman–Crippen MR) is 121 cm³/mol. The zero-order valence-electron chi connectivity index (χ0n) is 18.5. The molecule has 1 aliphatic heterocycles. The summed E-state index contributed by atoms with van der Waals surface area (Å²) in [5, 5.41) is 9.82. The minimum Gasteiger partial charge on any atom is -0.490 e. The highest BCUT2D eigenvalue weighted by Crippen LogP contribution is 2.41. The van der Waals surface area contributed by atoms with Crippen LogP contribution < -0.4 is 14.9 Å². The summed E-state index contributed by atoms with van der Waals surface area (Å²) in [4.78, 5) is 28.4. The molecule has 3 aromatic rings. The molecule has 2 aromatic carbocycles. The quantitative estimate of drug-likeness (QED) is 0.576. The number of hydrogen-bond acceptors (Lipinski definition) is 6. The molecule has 1 N–H and O–H groups in total. The molecule has 0 fully saturated rings. The van der Waals surface area contributed by atoms with Crippen LogP contribution in [0.25, 0.3) is 11.0 Å². The number of benzene rings is 2. The Labute approximate surface area is 186 Å². The van der Waals surface area contributed by atoms with E-state index in [0.29, 0.717) is 47.7 Å². The van der Waals surface area contributed by atoms with Crippen molar-refractivity contribution in [1.82, 2.24) is 4.90 Å². The third kappa shape index (κ3) is 3.73. The Morgan fingerprint density at radius 2 is 1.78 bits per heavy atom. The summed E-state index contributed by atoms with van der Waals surface area (Å²) in [7, 11) is 0. The fourth-order valence-electron chi connectivity index (χ4n) is 4.19. The number of aliphatic hydroxyl groups is 1. The Kier molecular flexibility index (Phi) is 6.19. The molecule has 4 rings (SSSR count). The van der Waals surface area contributed by atoms with Gasteiger partial charge in [-0.2, -0.15) is 0 Å². The summed E-state index contributed by atoms with van der Waals surface area (Å²) in [5.41, 5.74) is 2.14. The summed E-state index contributed by atoms with van der Waals surface area (Å²) in [6, 6.07) is 10.2. The van der Waals surface area contributed by atoms with Crippen molar-refractivity contribution in [2.75, 3.05) is 26.4 Å². The van der Waals surface area contributed by atoms with Crippen LogP contribution in [0.4, 0.5) is 0 Å². The first-order valence-electron chi connectivity index (χ1n) is 10.9. The van der Waals surface area contributed by atoms with Crippen molar-refractivity contribution >= 4 is 16.9 Å². The van der Waals surface area contributed by atoms with Gasteiger partial charge < -0.3 is 23.9 Å². The van der Waals surface area contributed by atoms with Crippen LogP contribution in [0.5, 0.6) is 11.5 Å². The Morgan fingerprint density at radius 1 is 1.03 bits per heavy atom. The standard InChI is InChI=1S/C25H27NO6/c1-4-30-19-10-8-16(14-20(19)31-5-2)22-21-23(28)17-13-15(3)7-9-18(17)32-24(21)25(29)26(22)11-6-12-27/h7-10,13-14,22,27H,4-6,11-12H2,1-3H3/t22-/m0/s1. The second kappa shape index (κ2) is 9.04. The maximum absolute atomic E-state index is 13.6. The van der Waals surface area contributed by atoms with Gasteiger partial charge in [0.15, 0.2) is 16.9 Å². The van der Waals surface area contributed by atoms with Crippen LogP contribution >= 0.6 is 0 Å². The number of aliphatic hydroxyl groups excluding tert-OH is 1. The first-order chi connectivity index (χ1) is 15.5. The van der Waals surface area contributed by atoms with Gasteiger partial charge in [0.25, 0.3) is 5.91 Å². The third-order valence-corrected chi connectivity index (χ3v) is 5.56. The molecule has 7 heteroatoms. The van der Waals surface area contributed by atoms with Gasteiger partial charge in [-0.15, -0.1) is 0 Å². The molecule has 0 saturated carbocycles. The third-order valence-electron chi connectivity index (χ3n) is 5.56. The Hall–Kier alpha value is -3.32. The summed E-state index contributed by atoms with van der Waals surface area (Å²) in [6.07, 6.45) is 0.387. The van der Waals surface area contributed by atoms with Crippen LogP contribution in [0.2, 0.25) is 0 Å². The van der Waals surface area contributed by atoms with Crippen molar-refractivity contribution in [3.63, 3.8) is 0 Å². The molecule has 1 aromatic heterocycles. The number of nitrogens with zero attached hydrogens (tertiary/aromatic N) is 1. The molecule has 1 amide bonds. The van der Waals surface area contributed by atoms with Crippen molar-refractivity contribution in [3.05, 3.63) is 69.1 Å². The van der Waals surface area contributed by atoms with Crippen LogP contribution in [0.1, 0.15) is 53.6 Å². The van der Waals surface area contributed by atoms with E-state index in [1.165, 1.54) is 0 Å². The minimum absolute atomic E-state index is 0.0566. The van der Waals surface area contributed by atoms with Crippen molar-refractivity contribution in [2.24, 2.45) is 0 Å². The number of aryl methyl sites for hydroxylation is 1. The van der Waals surface area contributed by atoms with E-state index in [-0.39, 0.29) is 30.2 Å². The zero-order valence-corrected chi connectivity index (χ0v) is 18.5. The van der Waals surface area contributed by atoms with Gasteiger partial charge in [-0.05, 0) is 57.0 Å². The molecular formula is C25H27NO6. The molecule has 1 aliphatic rings. The summed E-state index contributed by atoms with van der Waals surface area (Å²) in [6.45, 7) is 6.84. The molecule has 32 heavy (non-hydrogen) atoms. The van der Waals surface area contributed by atoms with E-state index in [2.05, 4.69) is 0 Å². The lowest BCUT2D eigenvalue weighted by atomic mass is 9.97. The number of amides is 1. The van der Waals surface area contributed by atoms with E-state index >= 15 is 0 Å². The lowest BCUT2D eigenvalue weighted by Crippen LogP contribution is -2.31. The van der Waals surface area contributed by atoms with Gasteiger partial charge in [-0.3, -0.25) is 9.59 Å². The number of hydrogen-bond donors (Lipinski definition) is 1. The molecule has 7 nitrogen and oxygen atoms in total. The molecule has 2 heterocycles. The van der Waals surface area contributed by atoms with Crippen LogP contribution in [-0.4, -0.2) is 42.3 Å². The SMILES string of the molecule is CCOc1ccc([C@H]2c3c(oc4ccc(C)cc4c3=O)C(=O)N2CCCO)cc1OCC. The van der Waals surface area contributed by atoms with Crippen molar-refractivity contribution in [3.8, 4) is 11.5 Å². The topological polar surface area (TPSA) is 89.2 Å². The van der Waals surface area contributed by atoms with Gasteiger partial charge in [0.1, 0.15) is 5.58 Å². The first kappa shape index (κ1) is 21.9. The smallest absolute Gasteiger partial charge is 0.290 e. The number of carbonyl (C=O) groups excluding carboxylic acids is 1. The van der Waals surface area contributed by atoms with Crippen LogP contribution in [0.3, 0.4) is 0 Å². The predicted octanol–water partition coefficient (Wildman–Crippen LogP) is 3.83. The normalized spacial score (nSPS) is 15.3. The molecule has 168 valence electrons. The Morgan fingerprint density at radius 3 is 2.50 bits per heavy atom. The van der Waals surface area contributed by atoms with Crippen LogP contribution in [-0.2, 0) is 0 Å². The van der Waals surface area contributed by atoms with Gasteiger partial charge in [0, 0.05) is 13.2 Å². The second-order valence-electron chi connectivity index (χ2n) is 7.72. The largest absolute Gasteiger partial charge is 0.490 e. The van der Waals surface area contributed by atoms with Gasteiger partial charge in [-0.25, -0.2) is 0 Å². The number of ether oxygens (including phenoxy) is 2. The average molecular weight is 437 g/mol. The zero-order chi connectivity index (χ0) is 22.8. The fraction of sp³-hybridized carbons (Fsp3) is 0.360. The van der Waals surface area contributed by atoms with Crippen LogP contribution in [0, 0.1) is 6.92 Å². The second-order valence-corrected chi connectivity index (χ2v) is 7.72. The van der Waals surface area contributed by atoms with E-state index in [4.69, 9.17) is 13.9 Å². The summed E-state index contributed by atoms with van der Waals surface area (Å²) >= 11 is 0. The van der Waals surface area contributed by atoms with E-state index in [9.17, 15) is 14.7 Å². The summed E-state index contributed by atoms with van der Waals surface area (Å²) < 4.78 is 17.4. The lowest BCUT2D eigenvalue weighted by molar-refractivity contribution is 0.0716. The highest BCUT2D eigenvalue weighted by molar-refractivity contribution is 5.99. The number of fused-ring (bicyclic) bond motifs is 2. The molecule has 1 atom stereocenters. The average Bonchev–Trinajstić information content (AvgIpc) is 3.06. The highest BCUT2D eigenvalue weighted by atomic mass is 16.5. The molecule has 0 unspecified atom stereocenters. The maximum Gasteiger partial charge on any atom is 0.290 e. The van der Waals surface area contributed by atoms with Crippen molar-refractivity contribution in [2.45, 2.75) is 33.2 Å². The molecule has 0 aliphatic carbocycles. The van der Waals surface area contributed by atoms with E-state index in [1.807, 2.05) is 39.0 Å². The molecule has 0 saturated heterocycles. The Balaban J connectivity index is 1.93. The van der Waals surface area contributed by atoms with Gasteiger partial charge in [0.05, 0.1) is 30.2 Å². The summed E-state index contributed by atoms with van der Waals surface area (Å²) in [5.74, 6) is 0.854. The minimum atomic E-state index is -0.639. The first-order valence-corrected chi connectivity index (χ1v) is 10.9. The maximum atomic E-state index is 13.6. The van der Waals surface area contributed by atoms with E-state index < -0.39 is 6.04 Å². The van der Waals surface area contributed by atoms with Crippen LogP contribution in [0.15, 0.2) is 45.6 Å². The van der Waals surface area contributed by atoms with E-state index in [1.54, 1.807) is 23.1 Å². The van der Waals surface area contributed by atoms with Gasteiger partial charge in [-0.1, -0.05) is 17.7 Å². The molecule has 0 spiro atoms. The van der Waals surface area contributed by atoms with Crippen molar-refractivity contribution < 1.29 is 23.8 Å². The molecule has 0 radical (unpaired) electrons. The molecular weight excluding hydrogens is 410 g/mol. The number of carbonyl (C=O) groups is 1. The lowest BCUT2D eigenvalue weighted by Gasteiger charge is -2.25. The number of rotatable bonds is 8. The highest BCUT2D eigenvalue weighted by Gasteiger charge is 2.42.